The van der Waals surface area contributed by atoms with Gasteiger partial charge in [-0.05, 0) is 49.2 Å². The lowest BCUT2D eigenvalue weighted by Gasteiger charge is -2.15. The summed E-state index contributed by atoms with van der Waals surface area (Å²) >= 11 is 0. The zero-order valence-corrected chi connectivity index (χ0v) is 14.0. The summed E-state index contributed by atoms with van der Waals surface area (Å²) in [4.78, 5) is 0. The highest BCUT2D eigenvalue weighted by molar-refractivity contribution is 5.30. The Labute approximate surface area is 138 Å². The molecule has 1 unspecified atom stereocenters. The Morgan fingerprint density at radius 2 is 1.78 bits per heavy atom. The van der Waals surface area contributed by atoms with Crippen LogP contribution in [0.4, 0.5) is 0 Å². The van der Waals surface area contributed by atoms with Gasteiger partial charge in [-0.2, -0.15) is 0 Å². The molecule has 0 aliphatic rings. The minimum absolute atomic E-state index is 0.121. The van der Waals surface area contributed by atoms with E-state index in [1.54, 1.807) is 7.11 Å². The molecule has 124 valence electrons. The summed E-state index contributed by atoms with van der Waals surface area (Å²) in [6, 6.07) is 15.5. The number of hydrogen-bond donors (Lipinski definition) is 2. The van der Waals surface area contributed by atoms with Crippen LogP contribution in [0, 0.1) is 0 Å². The summed E-state index contributed by atoms with van der Waals surface area (Å²) < 4.78 is 10.8. The van der Waals surface area contributed by atoms with E-state index in [9.17, 15) is 5.11 Å². The molecule has 0 heterocycles. The highest BCUT2D eigenvalue weighted by atomic mass is 16.5. The third-order valence-electron chi connectivity index (χ3n) is 3.44. The van der Waals surface area contributed by atoms with Crippen LogP contribution in [-0.2, 0) is 6.54 Å². The molecule has 2 aromatic rings. The Kier molecular flexibility index (Phi) is 6.44. The monoisotopic (exact) mass is 315 g/mol. The molecule has 0 saturated heterocycles. The first-order valence-electron chi connectivity index (χ1n) is 7.87. The molecular weight excluding hydrogens is 290 g/mol. The molecule has 2 N–H and O–H groups in total. The van der Waals surface area contributed by atoms with Gasteiger partial charge in [0.2, 0.25) is 0 Å². The van der Waals surface area contributed by atoms with Crippen LogP contribution in [-0.4, -0.2) is 24.9 Å². The van der Waals surface area contributed by atoms with Crippen molar-refractivity contribution in [3.8, 4) is 11.5 Å². The van der Waals surface area contributed by atoms with Gasteiger partial charge in [0.05, 0.1) is 19.3 Å². The molecule has 23 heavy (non-hydrogen) atoms. The molecule has 0 amide bonds. The van der Waals surface area contributed by atoms with E-state index in [4.69, 9.17) is 9.47 Å². The van der Waals surface area contributed by atoms with Crippen molar-refractivity contribution < 1.29 is 14.6 Å². The van der Waals surface area contributed by atoms with Gasteiger partial charge in [0, 0.05) is 13.1 Å². The zero-order valence-electron chi connectivity index (χ0n) is 14.0. The third-order valence-corrected chi connectivity index (χ3v) is 3.44. The summed E-state index contributed by atoms with van der Waals surface area (Å²) in [7, 11) is 1.65. The number of methoxy groups -OCH3 is 1. The summed E-state index contributed by atoms with van der Waals surface area (Å²) in [5.74, 6) is 1.63. The standard InChI is InChI=1S/C19H25NO3/c1-14(2)23-18-6-4-5-16(11-18)19(21)13-20-12-15-7-9-17(22-3)10-8-15/h4-11,14,19-21H,12-13H2,1-3H3. The van der Waals surface area contributed by atoms with Crippen LogP contribution >= 0.6 is 0 Å². The van der Waals surface area contributed by atoms with E-state index in [2.05, 4.69) is 5.32 Å². The number of hydrogen-bond acceptors (Lipinski definition) is 4. The van der Waals surface area contributed by atoms with E-state index in [0.29, 0.717) is 13.1 Å². The fourth-order valence-electron chi connectivity index (χ4n) is 2.28. The van der Waals surface area contributed by atoms with Crippen LogP contribution in [0.2, 0.25) is 0 Å². The number of nitrogens with one attached hydrogen (secondary N) is 1. The van der Waals surface area contributed by atoms with Crippen molar-refractivity contribution in [3.63, 3.8) is 0 Å². The second-order valence-electron chi connectivity index (χ2n) is 5.73. The van der Waals surface area contributed by atoms with Gasteiger partial charge in [0.1, 0.15) is 11.5 Å². The average Bonchev–Trinajstić information content (AvgIpc) is 2.55. The molecule has 0 spiro atoms. The lowest BCUT2D eigenvalue weighted by atomic mass is 10.1. The summed E-state index contributed by atoms with van der Waals surface area (Å²) in [5.41, 5.74) is 2.00. The molecule has 4 heteroatoms. The fraction of sp³-hybridized carbons (Fsp3) is 0.368. The predicted molar refractivity (Wildman–Crippen MR) is 91.9 cm³/mol. The Balaban J connectivity index is 1.85. The van der Waals surface area contributed by atoms with Crippen molar-refractivity contribution in [1.82, 2.24) is 5.32 Å². The minimum atomic E-state index is -0.566. The van der Waals surface area contributed by atoms with Gasteiger partial charge in [-0.15, -0.1) is 0 Å². The molecule has 0 aromatic heterocycles. The maximum absolute atomic E-state index is 10.3. The molecule has 0 aliphatic heterocycles. The van der Waals surface area contributed by atoms with Crippen molar-refractivity contribution in [2.45, 2.75) is 32.6 Å². The van der Waals surface area contributed by atoms with E-state index in [-0.39, 0.29) is 6.10 Å². The number of aliphatic hydroxyl groups excluding tert-OH is 1. The van der Waals surface area contributed by atoms with Crippen molar-refractivity contribution in [2.75, 3.05) is 13.7 Å². The highest BCUT2D eigenvalue weighted by Gasteiger charge is 2.09. The Morgan fingerprint density at radius 1 is 1.04 bits per heavy atom. The Hall–Kier alpha value is -2.04. The van der Waals surface area contributed by atoms with Crippen LogP contribution in [0.1, 0.15) is 31.1 Å². The molecule has 0 fully saturated rings. The van der Waals surface area contributed by atoms with Gasteiger partial charge < -0.3 is 19.9 Å². The summed E-state index contributed by atoms with van der Waals surface area (Å²) in [6.07, 6.45) is -0.445. The molecule has 4 nitrogen and oxygen atoms in total. The maximum atomic E-state index is 10.3. The highest BCUT2D eigenvalue weighted by Crippen LogP contribution is 2.20. The molecule has 0 aliphatic carbocycles. The zero-order chi connectivity index (χ0) is 16.7. The van der Waals surface area contributed by atoms with Crippen molar-refractivity contribution in [2.24, 2.45) is 0 Å². The molecule has 2 aromatic carbocycles. The van der Waals surface area contributed by atoms with Gasteiger partial charge in [0.15, 0.2) is 0 Å². The molecule has 0 bridgehead atoms. The first-order valence-corrected chi connectivity index (χ1v) is 7.87. The predicted octanol–water partition coefficient (Wildman–Crippen LogP) is 3.31. The minimum Gasteiger partial charge on any atom is -0.497 e. The first-order chi connectivity index (χ1) is 11.1. The van der Waals surface area contributed by atoms with E-state index >= 15 is 0 Å². The van der Waals surface area contributed by atoms with Crippen LogP contribution in [0.3, 0.4) is 0 Å². The lowest BCUT2D eigenvalue weighted by Crippen LogP contribution is -2.21. The third kappa shape index (κ3) is 5.58. The number of benzene rings is 2. The first kappa shape index (κ1) is 17.3. The van der Waals surface area contributed by atoms with Gasteiger partial charge in [0.25, 0.3) is 0 Å². The number of aliphatic hydroxyl groups is 1. The van der Waals surface area contributed by atoms with E-state index in [1.165, 1.54) is 0 Å². The number of ether oxygens (including phenoxy) is 2. The maximum Gasteiger partial charge on any atom is 0.120 e. The summed E-state index contributed by atoms with van der Waals surface area (Å²) in [6.45, 7) is 5.15. The largest absolute Gasteiger partial charge is 0.497 e. The van der Waals surface area contributed by atoms with Gasteiger partial charge in [-0.25, -0.2) is 0 Å². The SMILES string of the molecule is COc1ccc(CNCC(O)c2cccc(OC(C)C)c2)cc1. The van der Waals surface area contributed by atoms with Crippen LogP contribution < -0.4 is 14.8 Å². The van der Waals surface area contributed by atoms with E-state index in [1.807, 2.05) is 62.4 Å². The van der Waals surface area contributed by atoms with Crippen LogP contribution in [0.25, 0.3) is 0 Å². The van der Waals surface area contributed by atoms with Crippen molar-refractivity contribution >= 4 is 0 Å². The van der Waals surface area contributed by atoms with E-state index < -0.39 is 6.10 Å². The Bertz CT molecular complexity index is 596. The Morgan fingerprint density at radius 3 is 2.43 bits per heavy atom. The fourth-order valence-corrected chi connectivity index (χ4v) is 2.28. The molecule has 0 radical (unpaired) electrons. The molecular formula is C19H25NO3. The van der Waals surface area contributed by atoms with Crippen LogP contribution in [0.15, 0.2) is 48.5 Å². The quantitative estimate of drug-likeness (QED) is 0.785. The van der Waals surface area contributed by atoms with Gasteiger partial charge in [-0.1, -0.05) is 24.3 Å². The van der Waals surface area contributed by atoms with Crippen molar-refractivity contribution in [1.29, 1.82) is 0 Å². The van der Waals surface area contributed by atoms with E-state index in [0.717, 1.165) is 22.6 Å². The second-order valence-corrected chi connectivity index (χ2v) is 5.73. The number of rotatable bonds is 8. The molecule has 2 rings (SSSR count). The average molecular weight is 315 g/mol. The smallest absolute Gasteiger partial charge is 0.120 e. The summed E-state index contributed by atoms with van der Waals surface area (Å²) in [5, 5.41) is 13.6. The van der Waals surface area contributed by atoms with Gasteiger partial charge in [-0.3, -0.25) is 0 Å². The van der Waals surface area contributed by atoms with Crippen molar-refractivity contribution in [3.05, 3.63) is 59.7 Å². The second kappa shape index (κ2) is 8.56. The van der Waals surface area contributed by atoms with Gasteiger partial charge >= 0.3 is 0 Å². The normalized spacial score (nSPS) is 12.2. The van der Waals surface area contributed by atoms with Crippen LogP contribution in [0.5, 0.6) is 11.5 Å². The molecule has 0 saturated carbocycles. The lowest BCUT2D eigenvalue weighted by molar-refractivity contribution is 0.173. The molecule has 1 atom stereocenters. The topological polar surface area (TPSA) is 50.7 Å².